The van der Waals surface area contributed by atoms with Gasteiger partial charge in [0.2, 0.25) is 0 Å². The maximum absolute atomic E-state index is 13.1. The molecule has 0 aromatic heterocycles. The lowest BCUT2D eigenvalue weighted by molar-refractivity contribution is -0.506. The predicted octanol–water partition coefficient (Wildman–Crippen LogP) is 5.99. The lowest BCUT2D eigenvalue weighted by Crippen LogP contribution is -2.71. The normalized spacial score (nSPS) is 16.1. The van der Waals surface area contributed by atoms with Crippen LogP contribution < -0.4 is 0 Å². The number of alkyl halides is 20. The number of carbonyl (C=O) groups is 1. The number of halogens is 20. The van der Waals surface area contributed by atoms with Crippen molar-refractivity contribution >= 4 is 5.97 Å². The van der Waals surface area contributed by atoms with E-state index in [9.17, 15) is 92.6 Å². The minimum Gasteiger partial charge on any atom is -0.368 e. The molecule has 0 amide bonds. The predicted molar refractivity (Wildman–Crippen MR) is 53.9 cm³/mol. The summed E-state index contributed by atoms with van der Waals surface area (Å²) in [6.07, 6.45) is -30.6. The van der Waals surface area contributed by atoms with E-state index in [-0.39, 0.29) is 0 Å². The Kier molecular flexibility index (Phi) is 7.32. The van der Waals surface area contributed by atoms with E-state index in [0.29, 0.717) is 0 Å². The smallest absolute Gasteiger partial charge is 0.368 e. The zero-order valence-corrected chi connectivity index (χ0v) is 13.8. The first-order valence-electron chi connectivity index (χ1n) is 6.55. The van der Waals surface area contributed by atoms with Gasteiger partial charge in [0.25, 0.3) is 0 Å². The maximum atomic E-state index is 13.1. The third-order valence-corrected chi connectivity index (χ3v) is 2.99. The van der Waals surface area contributed by atoms with Crippen LogP contribution in [0.25, 0.3) is 0 Å². The van der Waals surface area contributed by atoms with E-state index in [1.165, 1.54) is 0 Å². The average molecular weight is 548 g/mol. The van der Waals surface area contributed by atoms with Crippen molar-refractivity contribution in [2.24, 2.45) is 0 Å². The Balaban J connectivity index is 6.40. The van der Waals surface area contributed by atoms with Crippen LogP contribution in [0.2, 0.25) is 0 Å². The lowest BCUT2D eigenvalue weighted by atomic mass is 9.97. The Labute approximate surface area is 164 Å². The van der Waals surface area contributed by atoms with Crippen LogP contribution in [-0.4, -0.2) is 60.3 Å². The minimum absolute atomic E-state index is 1.10. The Bertz CT molecular complexity index is 729. The largest absolute Gasteiger partial charge is 0.575 e. The first-order chi connectivity index (χ1) is 13.8. The quantitative estimate of drug-likeness (QED) is 0.277. The highest BCUT2D eigenvalue weighted by Crippen LogP contribution is 2.61. The minimum atomic E-state index is -8.75. The molecule has 0 unspecified atom stereocenters. The fourth-order valence-corrected chi connectivity index (χ4v) is 1.33. The van der Waals surface area contributed by atoms with Gasteiger partial charge in [-0.15, -0.1) is 13.2 Å². The summed E-state index contributed by atoms with van der Waals surface area (Å²) in [5.41, 5.74) is 0. The fourth-order valence-electron chi connectivity index (χ4n) is 1.33. The van der Waals surface area contributed by atoms with Crippen LogP contribution in [0.3, 0.4) is 0 Å². The molecule has 0 aromatic rings. The third kappa shape index (κ3) is 4.95. The van der Waals surface area contributed by atoms with Crippen LogP contribution in [0.15, 0.2) is 0 Å². The van der Waals surface area contributed by atoms with Crippen molar-refractivity contribution in [2.45, 2.75) is 54.4 Å². The van der Waals surface area contributed by atoms with Crippen LogP contribution >= 0.6 is 0 Å². The van der Waals surface area contributed by atoms with Crippen molar-refractivity contribution in [3.63, 3.8) is 0 Å². The molecule has 0 saturated heterocycles. The standard InChI is InChI=1S/C10F20O3/c11-2(12,1(31)32-10(28,29)30)8(24,25)33-9(26,27)6(19,20)4(15,16)3(13,14)5(17,18)7(21,22)23. The van der Waals surface area contributed by atoms with Crippen molar-refractivity contribution in [1.82, 2.24) is 0 Å². The van der Waals surface area contributed by atoms with Crippen LogP contribution in [0.5, 0.6) is 0 Å². The van der Waals surface area contributed by atoms with E-state index in [1.807, 2.05) is 0 Å². The van der Waals surface area contributed by atoms with Gasteiger partial charge in [0, 0.05) is 0 Å². The summed E-state index contributed by atoms with van der Waals surface area (Å²) in [7, 11) is 0. The highest BCUT2D eigenvalue weighted by molar-refractivity contribution is 5.78. The molecule has 0 aliphatic carbocycles. The van der Waals surface area contributed by atoms with Crippen molar-refractivity contribution < 1.29 is 102 Å². The van der Waals surface area contributed by atoms with Crippen molar-refractivity contribution in [1.29, 1.82) is 0 Å². The Morgan fingerprint density at radius 1 is 0.455 bits per heavy atom. The van der Waals surface area contributed by atoms with E-state index < -0.39 is 60.3 Å². The average Bonchev–Trinajstić information content (AvgIpc) is 2.49. The van der Waals surface area contributed by atoms with Gasteiger partial charge in [0.05, 0.1) is 0 Å². The van der Waals surface area contributed by atoms with Crippen molar-refractivity contribution in [2.75, 3.05) is 0 Å². The summed E-state index contributed by atoms with van der Waals surface area (Å²) in [4.78, 5) is 10.3. The molecule has 198 valence electrons. The van der Waals surface area contributed by atoms with Gasteiger partial charge in [-0.05, 0) is 0 Å². The molecule has 0 N–H and O–H groups in total. The molecule has 0 rings (SSSR count). The maximum Gasteiger partial charge on any atom is 0.575 e. The van der Waals surface area contributed by atoms with Crippen LogP contribution in [0.4, 0.5) is 87.8 Å². The van der Waals surface area contributed by atoms with E-state index >= 15 is 0 Å². The van der Waals surface area contributed by atoms with Gasteiger partial charge >= 0.3 is 60.3 Å². The first-order valence-corrected chi connectivity index (χ1v) is 6.55. The van der Waals surface area contributed by atoms with Gasteiger partial charge in [-0.25, -0.2) is 9.53 Å². The molecule has 0 saturated carbocycles. The molecular formula is C10F20O3. The molecule has 0 aliphatic heterocycles. The summed E-state index contributed by atoms with van der Waals surface area (Å²) in [5, 5.41) is 0. The van der Waals surface area contributed by atoms with Crippen LogP contribution in [0, 0.1) is 0 Å². The molecular weight excluding hydrogens is 548 g/mol. The second-order valence-electron chi connectivity index (χ2n) is 5.34. The molecule has 0 bridgehead atoms. The van der Waals surface area contributed by atoms with E-state index in [0.717, 1.165) is 4.74 Å². The summed E-state index contributed by atoms with van der Waals surface area (Å²) in [6.45, 7) is 0. The molecule has 0 radical (unpaired) electrons. The van der Waals surface area contributed by atoms with Gasteiger partial charge < -0.3 is 4.74 Å². The molecule has 3 nitrogen and oxygen atoms in total. The van der Waals surface area contributed by atoms with E-state index in [1.54, 1.807) is 4.74 Å². The Morgan fingerprint density at radius 2 is 0.788 bits per heavy atom. The number of hydrogen-bond acceptors (Lipinski definition) is 3. The van der Waals surface area contributed by atoms with E-state index in [4.69, 9.17) is 0 Å². The molecule has 0 fully saturated rings. The lowest BCUT2D eigenvalue weighted by Gasteiger charge is -2.40. The highest BCUT2D eigenvalue weighted by Gasteiger charge is 2.92. The fraction of sp³-hybridized carbons (Fsp3) is 0.900. The Morgan fingerprint density at radius 3 is 1.09 bits per heavy atom. The van der Waals surface area contributed by atoms with Crippen molar-refractivity contribution in [3.05, 3.63) is 0 Å². The summed E-state index contributed by atoms with van der Waals surface area (Å²) >= 11 is 0. The second-order valence-corrected chi connectivity index (χ2v) is 5.34. The van der Waals surface area contributed by atoms with Crippen LogP contribution in [-0.2, 0) is 14.3 Å². The monoisotopic (exact) mass is 548 g/mol. The molecule has 23 heteroatoms. The zero-order chi connectivity index (χ0) is 27.5. The number of hydrogen-bond donors (Lipinski definition) is 0. The number of rotatable bonds is 8. The van der Waals surface area contributed by atoms with Gasteiger partial charge in [-0.3, -0.25) is 0 Å². The summed E-state index contributed by atoms with van der Waals surface area (Å²) in [5.74, 6) is -46.4. The number of carbonyl (C=O) groups excluding carboxylic acids is 1. The molecule has 0 aliphatic rings. The molecule has 0 aromatic carbocycles. The van der Waals surface area contributed by atoms with E-state index in [2.05, 4.69) is 0 Å². The van der Waals surface area contributed by atoms with Gasteiger partial charge in [0.15, 0.2) is 0 Å². The molecule has 0 heterocycles. The molecule has 0 atom stereocenters. The second kappa shape index (κ2) is 7.78. The third-order valence-electron chi connectivity index (χ3n) is 2.99. The SMILES string of the molecule is O=C(OC(F)(F)F)C(F)(F)C(F)(F)OC(F)(F)C(F)(F)C(F)(F)C(F)(F)C(F)(F)C(F)(F)F. The topological polar surface area (TPSA) is 35.5 Å². The van der Waals surface area contributed by atoms with Crippen LogP contribution in [0.1, 0.15) is 0 Å². The zero-order valence-electron chi connectivity index (χ0n) is 13.8. The molecule has 33 heavy (non-hydrogen) atoms. The first kappa shape index (κ1) is 31.0. The molecule has 0 spiro atoms. The highest BCUT2D eigenvalue weighted by atomic mass is 19.4. The Hall–Kier alpha value is -1.97. The van der Waals surface area contributed by atoms with Crippen molar-refractivity contribution in [3.8, 4) is 0 Å². The van der Waals surface area contributed by atoms with Gasteiger partial charge in [0.1, 0.15) is 0 Å². The summed E-state index contributed by atoms with van der Waals surface area (Å²) in [6, 6.07) is 0. The number of ether oxygens (including phenoxy) is 2. The summed E-state index contributed by atoms with van der Waals surface area (Å²) < 4.78 is 254. The van der Waals surface area contributed by atoms with Gasteiger partial charge in [-0.2, -0.15) is 74.6 Å². The number of esters is 1. The van der Waals surface area contributed by atoms with Gasteiger partial charge in [-0.1, -0.05) is 0 Å².